The molecule has 4 nitrogen and oxygen atoms in total. The van der Waals surface area contributed by atoms with Gasteiger partial charge < -0.3 is 0 Å². The third kappa shape index (κ3) is 1.43. The van der Waals surface area contributed by atoms with Crippen LogP contribution >= 0.6 is 0 Å². The lowest BCUT2D eigenvalue weighted by Crippen LogP contribution is -2.11. The van der Waals surface area contributed by atoms with Gasteiger partial charge >= 0.3 is 0 Å². The van der Waals surface area contributed by atoms with Crippen molar-refractivity contribution in [1.29, 1.82) is 0 Å². The Hall–Kier alpha value is -2.75. The summed E-state index contributed by atoms with van der Waals surface area (Å²) in [4.78, 5) is 20.7. The van der Waals surface area contributed by atoms with Gasteiger partial charge in [-0.1, -0.05) is 24.3 Å². The van der Waals surface area contributed by atoms with Crippen molar-refractivity contribution in [3.63, 3.8) is 0 Å². The number of hydrogen-bond acceptors (Lipinski definition) is 3. The summed E-state index contributed by atoms with van der Waals surface area (Å²) in [5, 5.41) is 1.49. The van der Waals surface area contributed by atoms with Gasteiger partial charge in [0.25, 0.3) is 5.56 Å². The van der Waals surface area contributed by atoms with E-state index in [0.717, 1.165) is 10.9 Å². The Balaban J connectivity index is 2.34. The second-order valence-corrected chi connectivity index (χ2v) is 4.40. The SMILES string of the molecule is O=c1nc2ccccn2c2nc3ccccc3cc12. The Morgan fingerprint density at radius 2 is 1.79 bits per heavy atom. The number of nitrogens with zero attached hydrogens (tertiary/aromatic N) is 3. The molecule has 0 aliphatic rings. The van der Waals surface area contributed by atoms with Crippen LogP contribution in [0.4, 0.5) is 0 Å². The molecule has 3 aromatic heterocycles. The van der Waals surface area contributed by atoms with Crippen molar-refractivity contribution in [1.82, 2.24) is 14.4 Å². The van der Waals surface area contributed by atoms with Gasteiger partial charge in [0, 0.05) is 11.6 Å². The summed E-state index contributed by atoms with van der Waals surface area (Å²) in [6, 6.07) is 15.2. The first kappa shape index (κ1) is 10.2. The fourth-order valence-corrected chi connectivity index (χ4v) is 2.32. The Morgan fingerprint density at radius 3 is 2.74 bits per heavy atom. The molecule has 0 amide bonds. The predicted molar refractivity (Wildman–Crippen MR) is 74.3 cm³/mol. The highest BCUT2D eigenvalue weighted by molar-refractivity contribution is 5.91. The molecule has 0 atom stereocenters. The van der Waals surface area contributed by atoms with Gasteiger partial charge in [0.05, 0.1) is 10.9 Å². The third-order valence-corrected chi connectivity index (χ3v) is 3.22. The molecule has 4 rings (SSSR count). The highest BCUT2D eigenvalue weighted by Gasteiger charge is 2.07. The summed E-state index contributed by atoms with van der Waals surface area (Å²) in [6.45, 7) is 0. The molecule has 1 aromatic carbocycles. The third-order valence-electron chi connectivity index (χ3n) is 3.22. The molecule has 0 saturated carbocycles. The molecule has 90 valence electrons. The molecule has 19 heavy (non-hydrogen) atoms. The van der Waals surface area contributed by atoms with Crippen LogP contribution in [0.5, 0.6) is 0 Å². The van der Waals surface area contributed by atoms with Crippen molar-refractivity contribution in [3.8, 4) is 0 Å². The first-order valence-corrected chi connectivity index (χ1v) is 6.00. The molecule has 0 N–H and O–H groups in total. The van der Waals surface area contributed by atoms with E-state index in [-0.39, 0.29) is 5.56 Å². The number of aromatic nitrogens is 3. The number of fused-ring (bicyclic) bond motifs is 4. The minimum absolute atomic E-state index is 0.237. The van der Waals surface area contributed by atoms with Crippen molar-refractivity contribution in [2.75, 3.05) is 0 Å². The molecule has 3 heterocycles. The molecule has 0 radical (unpaired) electrons. The Morgan fingerprint density at radius 1 is 0.947 bits per heavy atom. The molecule has 4 heteroatoms. The standard InChI is InChI=1S/C15H9N3O/c19-15-11-9-10-5-1-2-6-12(10)16-14(11)18-8-4-3-7-13(18)17-15/h1-9H. The predicted octanol–water partition coefficient (Wildman–Crippen LogP) is 2.40. The van der Waals surface area contributed by atoms with Gasteiger partial charge in [-0.3, -0.25) is 9.20 Å². The number of hydrogen-bond donors (Lipinski definition) is 0. The lowest BCUT2D eigenvalue weighted by atomic mass is 10.2. The normalized spacial score (nSPS) is 11.4. The van der Waals surface area contributed by atoms with Gasteiger partial charge in [-0.25, -0.2) is 4.98 Å². The van der Waals surface area contributed by atoms with E-state index in [4.69, 9.17) is 0 Å². The summed E-state index contributed by atoms with van der Waals surface area (Å²) in [5.41, 5.74) is 1.90. The van der Waals surface area contributed by atoms with Gasteiger partial charge in [0.1, 0.15) is 5.65 Å². The van der Waals surface area contributed by atoms with E-state index in [1.165, 1.54) is 0 Å². The maximum Gasteiger partial charge on any atom is 0.282 e. The zero-order valence-electron chi connectivity index (χ0n) is 9.95. The summed E-state index contributed by atoms with van der Waals surface area (Å²) in [6.07, 6.45) is 1.87. The lowest BCUT2D eigenvalue weighted by Gasteiger charge is -2.05. The van der Waals surface area contributed by atoms with Crippen molar-refractivity contribution >= 4 is 27.6 Å². The maximum atomic E-state index is 12.1. The quantitative estimate of drug-likeness (QED) is 0.354. The fraction of sp³-hybridized carbons (Fsp3) is 0. The van der Waals surface area contributed by atoms with Gasteiger partial charge in [-0.2, -0.15) is 4.98 Å². The molecular formula is C15H9N3O. The largest absolute Gasteiger partial charge is 0.285 e. The van der Waals surface area contributed by atoms with Crippen LogP contribution in [0, 0.1) is 0 Å². The van der Waals surface area contributed by atoms with E-state index in [2.05, 4.69) is 9.97 Å². The molecule has 0 bridgehead atoms. The van der Waals surface area contributed by atoms with Crippen molar-refractivity contribution in [3.05, 3.63) is 65.1 Å². The second kappa shape index (κ2) is 3.62. The minimum Gasteiger partial charge on any atom is -0.285 e. The number of para-hydroxylation sites is 1. The van der Waals surface area contributed by atoms with Crippen molar-refractivity contribution in [2.24, 2.45) is 0 Å². The minimum atomic E-state index is -0.237. The zero-order valence-corrected chi connectivity index (χ0v) is 9.95. The van der Waals surface area contributed by atoms with Gasteiger partial charge in [0.15, 0.2) is 5.65 Å². The monoisotopic (exact) mass is 247 g/mol. The van der Waals surface area contributed by atoms with Crippen LogP contribution in [0.15, 0.2) is 59.5 Å². The number of pyridine rings is 2. The van der Waals surface area contributed by atoms with Gasteiger partial charge in [-0.05, 0) is 24.3 Å². The van der Waals surface area contributed by atoms with Crippen LogP contribution in [-0.4, -0.2) is 14.4 Å². The van der Waals surface area contributed by atoms with E-state index in [9.17, 15) is 4.79 Å². The second-order valence-electron chi connectivity index (χ2n) is 4.40. The van der Waals surface area contributed by atoms with E-state index in [1.807, 2.05) is 53.1 Å². The molecule has 4 aromatic rings. The van der Waals surface area contributed by atoms with E-state index in [1.54, 1.807) is 6.07 Å². The number of rotatable bonds is 0. The Bertz CT molecular complexity index is 989. The summed E-state index contributed by atoms with van der Waals surface area (Å²) in [5.74, 6) is 0. The van der Waals surface area contributed by atoms with Crippen LogP contribution in [0.25, 0.3) is 27.6 Å². The lowest BCUT2D eigenvalue weighted by molar-refractivity contribution is 1.11. The molecule has 0 aliphatic carbocycles. The molecule has 0 unspecified atom stereocenters. The Labute approximate surface area is 108 Å². The van der Waals surface area contributed by atoms with Crippen LogP contribution in [0.3, 0.4) is 0 Å². The molecule has 0 aliphatic heterocycles. The molecule has 0 saturated heterocycles. The molecule has 0 spiro atoms. The first-order valence-electron chi connectivity index (χ1n) is 6.00. The van der Waals surface area contributed by atoms with Gasteiger partial charge in [-0.15, -0.1) is 0 Å². The smallest absolute Gasteiger partial charge is 0.282 e. The molecular weight excluding hydrogens is 238 g/mol. The van der Waals surface area contributed by atoms with Crippen LogP contribution in [-0.2, 0) is 0 Å². The number of benzene rings is 1. The van der Waals surface area contributed by atoms with Crippen LogP contribution in [0.2, 0.25) is 0 Å². The topological polar surface area (TPSA) is 47.3 Å². The highest BCUT2D eigenvalue weighted by atomic mass is 16.1. The van der Waals surface area contributed by atoms with Crippen LogP contribution in [0.1, 0.15) is 0 Å². The van der Waals surface area contributed by atoms with Crippen molar-refractivity contribution < 1.29 is 0 Å². The van der Waals surface area contributed by atoms with E-state index >= 15 is 0 Å². The maximum absolute atomic E-state index is 12.1. The Kier molecular flexibility index (Phi) is 1.94. The zero-order chi connectivity index (χ0) is 12.8. The average molecular weight is 247 g/mol. The van der Waals surface area contributed by atoms with Gasteiger partial charge in [0.2, 0.25) is 0 Å². The summed E-state index contributed by atoms with van der Waals surface area (Å²) >= 11 is 0. The fourth-order valence-electron chi connectivity index (χ4n) is 2.32. The summed E-state index contributed by atoms with van der Waals surface area (Å²) in [7, 11) is 0. The van der Waals surface area contributed by atoms with Crippen molar-refractivity contribution in [2.45, 2.75) is 0 Å². The first-order chi connectivity index (χ1) is 9.33. The molecule has 0 fully saturated rings. The average Bonchev–Trinajstić information content (AvgIpc) is 2.46. The highest BCUT2D eigenvalue weighted by Crippen LogP contribution is 2.17. The summed E-state index contributed by atoms with van der Waals surface area (Å²) < 4.78 is 1.84. The van der Waals surface area contributed by atoms with Crippen LogP contribution < -0.4 is 5.56 Å². The van der Waals surface area contributed by atoms with E-state index < -0.39 is 0 Å². The van der Waals surface area contributed by atoms with E-state index in [0.29, 0.717) is 16.7 Å².